The minimum absolute atomic E-state index is 0.185. The second-order valence-electron chi connectivity index (χ2n) is 9.12. The Balaban J connectivity index is 1.53. The second kappa shape index (κ2) is 10.1. The zero-order valence-corrected chi connectivity index (χ0v) is 19.5. The summed E-state index contributed by atoms with van der Waals surface area (Å²) in [6.45, 7) is 2.25. The maximum atomic E-state index is 12.7. The largest absolute Gasteiger partial charge is 0.485 e. The molecule has 2 atom stereocenters. The van der Waals surface area contributed by atoms with Gasteiger partial charge in [-0.05, 0) is 59.6 Å². The number of carbonyl (C=O) groups is 1. The average molecular weight is 451 g/mol. The summed E-state index contributed by atoms with van der Waals surface area (Å²) in [5, 5.41) is 0. The number of ether oxygens (including phenoxy) is 1. The van der Waals surface area contributed by atoms with Crippen LogP contribution in [0.25, 0.3) is 0 Å². The summed E-state index contributed by atoms with van der Waals surface area (Å²) in [6.07, 6.45) is 7.35. The molecular formula is C30H30N2O2. The predicted octanol–water partition coefficient (Wildman–Crippen LogP) is 6.64. The number of benzene rings is 3. The monoisotopic (exact) mass is 450 g/mol. The van der Waals surface area contributed by atoms with Gasteiger partial charge >= 0.3 is 0 Å². The molecule has 0 saturated carbocycles. The number of hydrogen-bond donors (Lipinski definition) is 1. The summed E-state index contributed by atoms with van der Waals surface area (Å²) >= 11 is 0. The second-order valence-corrected chi connectivity index (χ2v) is 9.12. The van der Waals surface area contributed by atoms with E-state index in [0.29, 0.717) is 18.8 Å². The Morgan fingerprint density at radius 1 is 0.912 bits per heavy atom. The van der Waals surface area contributed by atoms with E-state index in [4.69, 9.17) is 4.74 Å². The van der Waals surface area contributed by atoms with E-state index in [9.17, 15) is 4.79 Å². The Hall–Kier alpha value is -3.66. The number of carbonyl (C=O) groups excluding carboxylic acids is 1. The summed E-state index contributed by atoms with van der Waals surface area (Å²) in [5.74, 6) is 2.32. The Morgan fingerprint density at radius 3 is 2.35 bits per heavy atom. The van der Waals surface area contributed by atoms with E-state index >= 15 is 0 Å². The van der Waals surface area contributed by atoms with Crippen molar-refractivity contribution in [1.82, 2.24) is 9.97 Å². The van der Waals surface area contributed by atoms with Gasteiger partial charge in [-0.25, -0.2) is 4.98 Å². The number of nitrogens with one attached hydrogen (secondary N) is 1. The molecule has 34 heavy (non-hydrogen) atoms. The third-order valence-electron chi connectivity index (χ3n) is 6.77. The van der Waals surface area contributed by atoms with Gasteiger partial charge in [0.25, 0.3) is 0 Å². The highest BCUT2D eigenvalue weighted by Gasteiger charge is 2.26. The highest BCUT2D eigenvalue weighted by atomic mass is 16.5. The van der Waals surface area contributed by atoms with Gasteiger partial charge in [-0.1, -0.05) is 67.6 Å². The number of H-pyrrole nitrogens is 1. The highest BCUT2D eigenvalue weighted by Crippen LogP contribution is 2.37. The van der Waals surface area contributed by atoms with Gasteiger partial charge in [0, 0.05) is 30.8 Å². The topological polar surface area (TPSA) is 55.0 Å². The zero-order valence-electron chi connectivity index (χ0n) is 19.5. The Kier molecular flexibility index (Phi) is 6.57. The first-order chi connectivity index (χ1) is 16.7. The molecule has 1 unspecified atom stereocenters. The molecule has 172 valence electrons. The maximum absolute atomic E-state index is 12.7. The first-order valence-corrected chi connectivity index (χ1v) is 12.1. The molecule has 3 aromatic carbocycles. The number of aromatic amines is 1. The quantitative estimate of drug-likeness (QED) is 0.327. The minimum Gasteiger partial charge on any atom is -0.485 e. The summed E-state index contributed by atoms with van der Waals surface area (Å²) in [6, 6.07) is 24.8. The van der Waals surface area contributed by atoms with Crippen molar-refractivity contribution in [2.45, 2.75) is 51.0 Å². The van der Waals surface area contributed by atoms with Crippen LogP contribution in [0.2, 0.25) is 0 Å². The van der Waals surface area contributed by atoms with Crippen LogP contribution in [0.3, 0.4) is 0 Å². The van der Waals surface area contributed by atoms with Gasteiger partial charge in [-0.15, -0.1) is 0 Å². The summed E-state index contributed by atoms with van der Waals surface area (Å²) < 4.78 is 6.77. The molecule has 1 aliphatic carbocycles. The van der Waals surface area contributed by atoms with E-state index in [1.165, 1.54) is 16.7 Å². The lowest BCUT2D eigenvalue weighted by atomic mass is 9.83. The number of imidazole rings is 1. The normalized spacial score (nSPS) is 14.9. The standard InChI is InChI=1S/C30H30N2O2/c1-21(22-9-4-2-5-10-22)19-26-24-13-8-14-27(33)25(24)15-16-28(26)34-29(20-30-31-17-18-32-30)23-11-6-3-7-12-23/h2-7,9-12,15-18,21,29H,8,13-14,19-20H2,1H3,(H,31,32)/t21?,29-/m0/s1. The molecular weight excluding hydrogens is 420 g/mol. The van der Waals surface area contributed by atoms with Gasteiger partial charge in [-0.2, -0.15) is 0 Å². The lowest BCUT2D eigenvalue weighted by Gasteiger charge is -2.26. The zero-order chi connectivity index (χ0) is 23.3. The number of fused-ring (bicyclic) bond motifs is 1. The lowest BCUT2D eigenvalue weighted by molar-refractivity contribution is 0.0972. The van der Waals surface area contributed by atoms with Crippen LogP contribution < -0.4 is 4.74 Å². The fourth-order valence-electron chi connectivity index (χ4n) is 4.95. The van der Waals surface area contributed by atoms with E-state index < -0.39 is 0 Å². The van der Waals surface area contributed by atoms with E-state index in [1.54, 1.807) is 6.20 Å². The summed E-state index contributed by atoms with van der Waals surface area (Å²) in [4.78, 5) is 20.4. The summed E-state index contributed by atoms with van der Waals surface area (Å²) in [7, 11) is 0. The first-order valence-electron chi connectivity index (χ1n) is 12.1. The SMILES string of the molecule is CC(Cc1c(O[C@@H](Cc2ncc[nH]2)c2ccccc2)ccc2c1CCCC2=O)c1ccccc1. The molecule has 0 amide bonds. The molecule has 5 rings (SSSR count). The van der Waals surface area contributed by atoms with E-state index in [0.717, 1.165) is 42.0 Å². The maximum Gasteiger partial charge on any atom is 0.163 e. The van der Waals surface area contributed by atoms with Crippen molar-refractivity contribution in [1.29, 1.82) is 0 Å². The van der Waals surface area contributed by atoms with E-state index in [-0.39, 0.29) is 11.9 Å². The summed E-state index contributed by atoms with van der Waals surface area (Å²) in [5.41, 5.74) is 5.61. The molecule has 1 aliphatic rings. The molecule has 4 aromatic rings. The molecule has 0 aliphatic heterocycles. The van der Waals surface area contributed by atoms with Crippen LogP contribution in [-0.4, -0.2) is 15.8 Å². The molecule has 0 saturated heterocycles. The molecule has 1 N–H and O–H groups in total. The van der Waals surface area contributed by atoms with Crippen LogP contribution in [0.4, 0.5) is 0 Å². The fraction of sp³-hybridized carbons (Fsp3) is 0.267. The van der Waals surface area contributed by atoms with Crippen LogP contribution in [0.5, 0.6) is 5.75 Å². The van der Waals surface area contributed by atoms with Gasteiger partial charge in [0.2, 0.25) is 0 Å². The number of Topliss-reactive ketones (excluding diaryl/α,β-unsaturated/α-hetero) is 1. The molecule has 0 spiro atoms. The lowest BCUT2D eigenvalue weighted by Crippen LogP contribution is -2.18. The van der Waals surface area contributed by atoms with Crippen molar-refractivity contribution >= 4 is 5.78 Å². The third kappa shape index (κ3) is 4.81. The Labute approximate surface area is 201 Å². The Bertz CT molecular complexity index is 1230. The number of ketones is 1. The molecule has 1 aromatic heterocycles. The van der Waals surface area contributed by atoms with Gasteiger partial charge in [0.15, 0.2) is 5.78 Å². The van der Waals surface area contributed by atoms with Gasteiger partial charge in [-0.3, -0.25) is 4.79 Å². The van der Waals surface area contributed by atoms with E-state index in [2.05, 4.69) is 53.3 Å². The van der Waals surface area contributed by atoms with Gasteiger partial charge < -0.3 is 9.72 Å². The van der Waals surface area contributed by atoms with Crippen molar-refractivity contribution in [3.63, 3.8) is 0 Å². The number of hydrogen-bond acceptors (Lipinski definition) is 3. The molecule has 0 radical (unpaired) electrons. The van der Waals surface area contributed by atoms with Gasteiger partial charge in [0.05, 0.1) is 0 Å². The molecule has 0 fully saturated rings. The van der Waals surface area contributed by atoms with Crippen LogP contribution in [0, 0.1) is 0 Å². The molecule has 0 bridgehead atoms. The van der Waals surface area contributed by atoms with E-state index in [1.807, 2.05) is 42.6 Å². The highest BCUT2D eigenvalue weighted by molar-refractivity contribution is 5.99. The first kappa shape index (κ1) is 22.1. The Morgan fingerprint density at radius 2 is 1.65 bits per heavy atom. The van der Waals surface area contributed by atoms with Crippen molar-refractivity contribution in [3.8, 4) is 5.75 Å². The smallest absolute Gasteiger partial charge is 0.163 e. The van der Waals surface area contributed by atoms with Crippen molar-refractivity contribution in [3.05, 3.63) is 119 Å². The fourth-order valence-corrected chi connectivity index (χ4v) is 4.95. The third-order valence-corrected chi connectivity index (χ3v) is 6.77. The average Bonchev–Trinajstić information content (AvgIpc) is 3.39. The minimum atomic E-state index is -0.185. The molecule has 4 nitrogen and oxygen atoms in total. The van der Waals surface area contributed by atoms with Gasteiger partial charge in [0.1, 0.15) is 17.7 Å². The van der Waals surface area contributed by atoms with Crippen LogP contribution in [0.15, 0.2) is 85.2 Å². The van der Waals surface area contributed by atoms with Crippen molar-refractivity contribution in [2.75, 3.05) is 0 Å². The number of rotatable bonds is 8. The van der Waals surface area contributed by atoms with Crippen molar-refractivity contribution in [2.24, 2.45) is 0 Å². The van der Waals surface area contributed by atoms with Crippen LogP contribution >= 0.6 is 0 Å². The molecule has 1 heterocycles. The molecule has 4 heteroatoms. The predicted molar refractivity (Wildman–Crippen MR) is 134 cm³/mol. The van der Waals surface area contributed by atoms with Crippen molar-refractivity contribution < 1.29 is 9.53 Å². The van der Waals surface area contributed by atoms with Crippen LogP contribution in [0.1, 0.15) is 70.2 Å². The van der Waals surface area contributed by atoms with Crippen LogP contribution in [-0.2, 0) is 19.3 Å². The number of nitrogens with zero attached hydrogens (tertiary/aromatic N) is 1. The number of aromatic nitrogens is 2.